The lowest BCUT2D eigenvalue weighted by Gasteiger charge is -2.37. The smallest absolute Gasteiger partial charge is 0.231 e. The maximum atomic E-state index is 12.6. The van der Waals surface area contributed by atoms with Crippen LogP contribution in [0.4, 0.5) is 5.69 Å². The number of benzene rings is 2. The number of para-hydroxylation sites is 2. The van der Waals surface area contributed by atoms with Crippen molar-refractivity contribution in [1.29, 1.82) is 0 Å². The summed E-state index contributed by atoms with van der Waals surface area (Å²) in [5, 5.41) is 1.02. The van der Waals surface area contributed by atoms with E-state index in [1.807, 2.05) is 36.5 Å². The number of nitrogens with zero attached hydrogens (tertiary/aromatic N) is 3. The molecule has 1 saturated heterocycles. The van der Waals surface area contributed by atoms with Gasteiger partial charge in [0.1, 0.15) is 0 Å². The highest BCUT2D eigenvalue weighted by atomic mass is 79.9. The third-order valence-corrected chi connectivity index (χ3v) is 7.53. The van der Waals surface area contributed by atoms with E-state index in [2.05, 4.69) is 42.4 Å². The number of hydrogen-bond acceptors (Lipinski definition) is 3. The molecule has 0 bridgehead atoms. The summed E-state index contributed by atoms with van der Waals surface area (Å²) in [7, 11) is 0. The Balaban J connectivity index is 1.19. The van der Waals surface area contributed by atoms with E-state index < -0.39 is 0 Å². The molecule has 1 amide bonds. The second kappa shape index (κ2) is 8.83. The number of anilines is 1. The summed E-state index contributed by atoms with van der Waals surface area (Å²) in [6, 6.07) is 14.6. The average Bonchev–Trinajstić information content (AvgIpc) is 3.32. The lowest BCUT2D eigenvalue weighted by molar-refractivity contribution is -0.118. The fourth-order valence-corrected chi connectivity index (χ4v) is 5.91. The number of carbonyl (C=O) groups is 2. The molecule has 0 atom stereocenters. The predicted molar refractivity (Wildman–Crippen MR) is 131 cm³/mol. The van der Waals surface area contributed by atoms with Gasteiger partial charge < -0.3 is 14.4 Å². The van der Waals surface area contributed by atoms with Crippen LogP contribution in [0.5, 0.6) is 0 Å². The van der Waals surface area contributed by atoms with Crippen molar-refractivity contribution in [2.75, 3.05) is 24.5 Å². The molecule has 0 spiro atoms. The molecule has 2 aromatic carbocycles. The quantitative estimate of drug-likeness (QED) is 0.451. The number of carbonyl (C=O) groups excluding carboxylic acids is 2. The van der Waals surface area contributed by atoms with Gasteiger partial charge >= 0.3 is 0 Å². The summed E-state index contributed by atoms with van der Waals surface area (Å²) in [4.78, 5) is 29.3. The molecule has 0 unspecified atom stereocenters. The second-order valence-corrected chi connectivity index (χ2v) is 9.78. The van der Waals surface area contributed by atoms with Crippen LogP contribution in [0, 0.1) is 0 Å². The Hall–Kier alpha value is -2.44. The van der Waals surface area contributed by atoms with Gasteiger partial charge in [0.15, 0.2) is 5.78 Å². The molecule has 1 fully saturated rings. The molecule has 3 heterocycles. The molecule has 5 rings (SSSR count). The van der Waals surface area contributed by atoms with Crippen LogP contribution in [-0.4, -0.2) is 46.8 Å². The summed E-state index contributed by atoms with van der Waals surface area (Å²) < 4.78 is 3.24. The van der Waals surface area contributed by atoms with Gasteiger partial charge in [-0.15, -0.1) is 0 Å². The minimum atomic E-state index is 0.104. The van der Waals surface area contributed by atoms with Crippen molar-refractivity contribution >= 4 is 44.2 Å². The lowest BCUT2D eigenvalue weighted by Crippen LogP contribution is -2.46. The van der Waals surface area contributed by atoms with Gasteiger partial charge in [0.05, 0.1) is 11.9 Å². The van der Waals surface area contributed by atoms with E-state index in [1.54, 1.807) is 6.92 Å². The highest BCUT2D eigenvalue weighted by molar-refractivity contribution is 9.10. The first-order valence-electron chi connectivity index (χ1n) is 11.4. The zero-order valence-electron chi connectivity index (χ0n) is 18.4. The molecule has 6 heteroatoms. The monoisotopic (exact) mass is 493 g/mol. The molecule has 0 aliphatic carbocycles. The molecule has 3 aromatic rings. The van der Waals surface area contributed by atoms with E-state index in [1.165, 1.54) is 0 Å². The fourth-order valence-electron chi connectivity index (χ4n) is 5.32. The minimum absolute atomic E-state index is 0.104. The zero-order valence-corrected chi connectivity index (χ0v) is 20.0. The van der Waals surface area contributed by atoms with Gasteiger partial charge in [-0.1, -0.05) is 30.3 Å². The van der Waals surface area contributed by atoms with E-state index in [9.17, 15) is 9.59 Å². The third kappa shape index (κ3) is 3.90. The van der Waals surface area contributed by atoms with Crippen LogP contribution in [0.2, 0.25) is 0 Å². The first-order valence-corrected chi connectivity index (χ1v) is 12.2. The summed E-state index contributed by atoms with van der Waals surface area (Å²) in [5.74, 6) is 0.350. The maximum Gasteiger partial charge on any atom is 0.231 e. The normalized spacial score (nSPS) is 17.3. The van der Waals surface area contributed by atoms with Crippen LogP contribution in [-0.2, 0) is 17.8 Å². The highest BCUT2D eigenvalue weighted by Gasteiger charge is 2.34. The van der Waals surface area contributed by atoms with E-state index >= 15 is 0 Å². The Bertz CT molecular complexity index is 1180. The van der Waals surface area contributed by atoms with Crippen molar-refractivity contribution in [1.82, 2.24) is 9.47 Å². The molecule has 32 heavy (non-hydrogen) atoms. The van der Waals surface area contributed by atoms with E-state index in [-0.39, 0.29) is 11.7 Å². The number of hydrogen-bond donors (Lipinski definition) is 0. The number of aromatic nitrogens is 1. The number of ketones is 1. The standard InChI is InChI=1S/C26H28BrN3O2/c1-18(31)22-17-29(26-21(22)7-4-8-23(26)27)13-5-12-28-14-10-20(11-15-28)30-24-9-3-2-6-19(24)16-25(30)32/h2-4,6-9,17,20H,5,10-16H2,1H3. The van der Waals surface area contributed by atoms with Crippen LogP contribution < -0.4 is 4.90 Å². The Morgan fingerprint density at radius 3 is 2.62 bits per heavy atom. The molecule has 0 radical (unpaired) electrons. The first-order chi connectivity index (χ1) is 15.5. The Labute approximate surface area is 197 Å². The fraction of sp³-hybridized carbons (Fsp3) is 0.385. The number of piperidine rings is 1. The van der Waals surface area contributed by atoms with Gasteiger partial charge in [-0.05, 0) is 66.4 Å². The zero-order chi connectivity index (χ0) is 22.2. The molecular formula is C26H28BrN3O2. The van der Waals surface area contributed by atoms with Crippen molar-refractivity contribution in [3.8, 4) is 0 Å². The van der Waals surface area contributed by atoms with Crippen molar-refractivity contribution < 1.29 is 9.59 Å². The third-order valence-electron chi connectivity index (χ3n) is 6.89. The van der Waals surface area contributed by atoms with Crippen LogP contribution >= 0.6 is 15.9 Å². The van der Waals surface area contributed by atoms with Gasteiger partial charge in [-0.3, -0.25) is 9.59 Å². The molecule has 2 aliphatic rings. The molecule has 166 valence electrons. The summed E-state index contributed by atoms with van der Waals surface area (Å²) >= 11 is 3.66. The SMILES string of the molecule is CC(=O)c1cn(CCCN2CCC(N3C(=O)Cc4ccccc43)CC2)c2c(Br)cccc12. The lowest BCUT2D eigenvalue weighted by atomic mass is 10.0. The number of rotatable bonds is 6. The minimum Gasteiger partial charge on any atom is -0.346 e. The van der Waals surface area contributed by atoms with Gasteiger partial charge in [-0.2, -0.15) is 0 Å². The van der Waals surface area contributed by atoms with Crippen LogP contribution in [0.1, 0.15) is 42.1 Å². The summed E-state index contributed by atoms with van der Waals surface area (Å²) in [6.45, 7) is 5.58. The number of amides is 1. The number of Topliss-reactive ketones (excluding diaryl/α,β-unsaturated/α-hetero) is 1. The molecule has 2 aliphatic heterocycles. The van der Waals surface area contributed by atoms with Crippen LogP contribution in [0.25, 0.3) is 10.9 Å². The number of fused-ring (bicyclic) bond motifs is 2. The van der Waals surface area contributed by atoms with Gasteiger partial charge in [0.2, 0.25) is 5.91 Å². The van der Waals surface area contributed by atoms with Crippen molar-refractivity contribution in [2.45, 2.75) is 45.2 Å². The Morgan fingerprint density at radius 1 is 1.06 bits per heavy atom. The van der Waals surface area contributed by atoms with Crippen molar-refractivity contribution in [3.63, 3.8) is 0 Å². The average molecular weight is 494 g/mol. The molecule has 0 N–H and O–H groups in total. The van der Waals surface area contributed by atoms with Gasteiger partial charge in [-0.25, -0.2) is 0 Å². The largest absolute Gasteiger partial charge is 0.346 e. The molecule has 1 aromatic heterocycles. The van der Waals surface area contributed by atoms with E-state index in [0.29, 0.717) is 12.5 Å². The highest BCUT2D eigenvalue weighted by Crippen LogP contribution is 2.33. The topological polar surface area (TPSA) is 45.6 Å². The summed E-state index contributed by atoms with van der Waals surface area (Å²) in [5.41, 5.74) is 4.16. The summed E-state index contributed by atoms with van der Waals surface area (Å²) in [6.07, 6.45) is 5.61. The number of halogens is 1. The molecule has 5 nitrogen and oxygen atoms in total. The Kier molecular flexibility index (Phi) is 5.91. The van der Waals surface area contributed by atoms with Crippen molar-refractivity contribution in [3.05, 3.63) is 64.3 Å². The molecular weight excluding hydrogens is 466 g/mol. The van der Waals surface area contributed by atoms with E-state index in [4.69, 9.17) is 0 Å². The number of likely N-dealkylation sites (tertiary alicyclic amines) is 1. The van der Waals surface area contributed by atoms with Gasteiger partial charge in [0.25, 0.3) is 0 Å². The molecule has 0 saturated carbocycles. The maximum absolute atomic E-state index is 12.6. The predicted octanol–water partition coefficient (Wildman–Crippen LogP) is 5.05. The van der Waals surface area contributed by atoms with Crippen LogP contribution in [0.15, 0.2) is 53.1 Å². The van der Waals surface area contributed by atoms with Crippen molar-refractivity contribution in [2.24, 2.45) is 0 Å². The van der Waals surface area contributed by atoms with Gasteiger partial charge in [0, 0.05) is 53.0 Å². The second-order valence-electron chi connectivity index (χ2n) is 8.92. The number of aryl methyl sites for hydroxylation is 1. The first kappa shape index (κ1) is 21.4. The van der Waals surface area contributed by atoms with Crippen LogP contribution in [0.3, 0.4) is 0 Å². The Morgan fingerprint density at radius 2 is 1.84 bits per heavy atom. The van der Waals surface area contributed by atoms with E-state index in [0.717, 1.165) is 77.6 Å².